The Labute approximate surface area is 157 Å². The number of hydrogen-bond acceptors (Lipinski definition) is 5. The van der Waals surface area contributed by atoms with E-state index in [0.717, 1.165) is 24.5 Å². The smallest absolute Gasteiger partial charge is 0.230 e. The van der Waals surface area contributed by atoms with Crippen molar-refractivity contribution >= 4 is 35.1 Å². The van der Waals surface area contributed by atoms with Gasteiger partial charge in [-0.2, -0.15) is 0 Å². The summed E-state index contributed by atoms with van der Waals surface area (Å²) in [7, 11) is 0. The van der Waals surface area contributed by atoms with Crippen molar-refractivity contribution in [2.45, 2.75) is 31.0 Å². The maximum atomic E-state index is 12.2. The molecular formula is C18H21ClN4OS. The standard InChI is InChI=1S/C18H21ClN4OS/c1-13(14-7-3-2-4-8-14)20-17(24)12-25-18-21-15(19)11-16(22-18)23-9-5-6-10-23/h2-4,7-8,11,13H,5-6,9-10,12H2,1H3,(H,20,24). The lowest BCUT2D eigenvalue weighted by molar-refractivity contribution is -0.119. The topological polar surface area (TPSA) is 58.1 Å². The van der Waals surface area contributed by atoms with Crippen LogP contribution in [0.4, 0.5) is 5.82 Å². The first-order chi connectivity index (χ1) is 12.1. The van der Waals surface area contributed by atoms with Crippen LogP contribution in [0.5, 0.6) is 0 Å². The molecule has 7 heteroatoms. The number of aromatic nitrogens is 2. The monoisotopic (exact) mass is 376 g/mol. The van der Waals surface area contributed by atoms with Crippen molar-refractivity contribution in [1.29, 1.82) is 0 Å². The van der Waals surface area contributed by atoms with E-state index < -0.39 is 0 Å². The van der Waals surface area contributed by atoms with Gasteiger partial charge in [0.2, 0.25) is 5.91 Å². The van der Waals surface area contributed by atoms with Crippen molar-refractivity contribution in [3.8, 4) is 0 Å². The molecule has 1 fully saturated rings. The average Bonchev–Trinajstić information content (AvgIpc) is 3.15. The Bertz CT molecular complexity index is 722. The summed E-state index contributed by atoms with van der Waals surface area (Å²) in [6.45, 7) is 3.96. The molecule has 5 nitrogen and oxygen atoms in total. The molecule has 1 aromatic carbocycles. The number of rotatable bonds is 6. The summed E-state index contributed by atoms with van der Waals surface area (Å²) in [5.74, 6) is 1.06. The summed E-state index contributed by atoms with van der Waals surface area (Å²) in [6.07, 6.45) is 2.34. The Hall–Kier alpha value is -1.79. The highest BCUT2D eigenvalue weighted by atomic mass is 35.5. The van der Waals surface area contributed by atoms with Crippen molar-refractivity contribution in [3.63, 3.8) is 0 Å². The summed E-state index contributed by atoms with van der Waals surface area (Å²) < 4.78 is 0. The van der Waals surface area contributed by atoms with Crippen LogP contribution in [0, 0.1) is 0 Å². The van der Waals surface area contributed by atoms with Crippen molar-refractivity contribution in [2.24, 2.45) is 0 Å². The molecule has 2 aromatic rings. The highest BCUT2D eigenvalue weighted by Crippen LogP contribution is 2.24. The molecule has 0 aliphatic carbocycles. The Morgan fingerprint density at radius 3 is 2.72 bits per heavy atom. The highest BCUT2D eigenvalue weighted by molar-refractivity contribution is 7.99. The molecule has 132 valence electrons. The van der Waals surface area contributed by atoms with Gasteiger partial charge in [-0.05, 0) is 25.3 Å². The molecule has 3 rings (SSSR count). The Balaban J connectivity index is 1.56. The highest BCUT2D eigenvalue weighted by Gasteiger charge is 2.16. The van der Waals surface area contributed by atoms with Gasteiger partial charge in [-0.15, -0.1) is 0 Å². The molecule has 0 spiro atoms. The Kier molecular flexibility index (Phi) is 6.15. The van der Waals surface area contributed by atoms with E-state index in [1.165, 1.54) is 24.6 Å². The number of benzene rings is 1. The fourth-order valence-corrected chi connectivity index (χ4v) is 3.69. The number of anilines is 1. The number of amides is 1. The molecule has 0 radical (unpaired) electrons. The van der Waals surface area contributed by atoms with Gasteiger partial charge in [0.1, 0.15) is 11.0 Å². The van der Waals surface area contributed by atoms with E-state index in [4.69, 9.17) is 11.6 Å². The molecule has 1 N–H and O–H groups in total. The average molecular weight is 377 g/mol. The van der Waals surface area contributed by atoms with E-state index >= 15 is 0 Å². The minimum absolute atomic E-state index is 0.0326. The predicted octanol–water partition coefficient (Wildman–Crippen LogP) is 3.70. The third-order valence-corrected chi connectivity index (χ3v) is 5.14. The van der Waals surface area contributed by atoms with Crippen molar-refractivity contribution in [2.75, 3.05) is 23.7 Å². The second kappa shape index (κ2) is 8.54. The van der Waals surface area contributed by atoms with Crippen LogP contribution in [-0.2, 0) is 4.79 Å². The lowest BCUT2D eigenvalue weighted by Gasteiger charge is -2.17. The van der Waals surface area contributed by atoms with Gasteiger partial charge in [-0.25, -0.2) is 9.97 Å². The lowest BCUT2D eigenvalue weighted by atomic mass is 10.1. The van der Waals surface area contributed by atoms with Crippen molar-refractivity contribution < 1.29 is 4.79 Å². The number of nitrogens with one attached hydrogen (secondary N) is 1. The van der Waals surface area contributed by atoms with E-state index in [1.807, 2.05) is 37.3 Å². The van der Waals surface area contributed by atoms with E-state index in [2.05, 4.69) is 20.2 Å². The molecule has 0 saturated carbocycles. The van der Waals surface area contributed by atoms with Crippen molar-refractivity contribution in [3.05, 3.63) is 47.1 Å². The van der Waals surface area contributed by atoms with Crippen LogP contribution >= 0.6 is 23.4 Å². The van der Waals surface area contributed by atoms with E-state index in [9.17, 15) is 4.79 Å². The van der Waals surface area contributed by atoms with Gasteiger partial charge in [-0.1, -0.05) is 53.7 Å². The van der Waals surface area contributed by atoms with Crippen molar-refractivity contribution in [1.82, 2.24) is 15.3 Å². The van der Waals surface area contributed by atoms with Gasteiger partial charge in [-0.3, -0.25) is 4.79 Å². The van der Waals surface area contributed by atoms with E-state index in [-0.39, 0.29) is 17.7 Å². The molecule has 25 heavy (non-hydrogen) atoms. The number of halogens is 1. The summed E-state index contributed by atoms with van der Waals surface area (Å²) in [4.78, 5) is 23.2. The van der Waals surface area contributed by atoms with E-state index in [1.54, 1.807) is 6.07 Å². The van der Waals surface area contributed by atoms with Crippen LogP contribution < -0.4 is 10.2 Å². The van der Waals surface area contributed by atoms with E-state index in [0.29, 0.717) is 10.3 Å². The lowest BCUT2D eigenvalue weighted by Crippen LogP contribution is -2.28. The first-order valence-electron chi connectivity index (χ1n) is 8.38. The molecule has 1 aliphatic rings. The normalized spacial score (nSPS) is 15.2. The second-order valence-electron chi connectivity index (χ2n) is 6.01. The molecule has 0 bridgehead atoms. The van der Waals surface area contributed by atoms with Crippen LogP contribution in [0.25, 0.3) is 0 Å². The number of thioether (sulfide) groups is 1. The molecule has 1 aliphatic heterocycles. The number of hydrogen-bond donors (Lipinski definition) is 1. The first-order valence-corrected chi connectivity index (χ1v) is 9.75. The largest absolute Gasteiger partial charge is 0.356 e. The molecule has 1 unspecified atom stereocenters. The van der Waals surface area contributed by atoms with Crippen LogP contribution in [-0.4, -0.2) is 34.7 Å². The zero-order valence-corrected chi connectivity index (χ0v) is 15.7. The summed E-state index contributed by atoms with van der Waals surface area (Å²) >= 11 is 7.42. The molecular weight excluding hydrogens is 356 g/mol. The van der Waals surface area contributed by atoms with Gasteiger partial charge >= 0.3 is 0 Å². The zero-order valence-electron chi connectivity index (χ0n) is 14.1. The van der Waals surface area contributed by atoms with Gasteiger partial charge in [0, 0.05) is 19.2 Å². The van der Waals surface area contributed by atoms with Crippen LogP contribution in [0.1, 0.15) is 31.4 Å². The number of carbonyl (C=O) groups is 1. The maximum absolute atomic E-state index is 12.2. The minimum atomic E-state index is -0.0485. The molecule has 1 saturated heterocycles. The quantitative estimate of drug-likeness (QED) is 0.473. The molecule has 1 amide bonds. The van der Waals surface area contributed by atoms with Gasteiger partial charge in [0.15, 0.2) is 5.16 Å². The third kappa shape index (κ3) is 5.09. The van der Waals surface area contributed by atoms with Gasteiger partial charge in [0.25, 0.3) is 0 Å². The summed E-state index contributed by atoms with van der Waals surface area (Å²) in [6, 6.07) is 11.6. The third-order valence-electron chi connectivity index (χ3n) is 4.10. The molecule has 1 atom stereocenters. The summed E-state index contributed by atoms with van der Waals surface area (Å²) in [5.41, 5.74) is 1.08. The Morgan fingerprint density at radius 2 is 2.00 bits per heavy atom. The predicted molar refractivity (Wildman–Crippen MR) is 102 cm³/mol. The number of carbonyl (C=O) groups excluding carboxylic acids is 1. The zero-order chi connectivity index (χ0) is 17.6. The van der Waals surface area contributed by atoms with Gasteiger partial charge in [0.05, 0.1) is 11.8 Å². The maximum Gasteiger partial charge on any atom is 0.230 e. The van der Waals surface area contributed by atoms with Gasteiger partial charge < -0.3 is 10.2 Å². The Morgan fingerprint density at radius 1 is 1.28 bits per heavy atom. The van der Waals surface area contributed by atoms with Crippen LogP contribution in [0.3, 0.4) is 0 Å². The summed E-state index contributed by atoms with van der Waals surface area (Å²) in [5, 5.41) is 3.95. The minimum Gasteiger partial charge on any atom is -0.356 e. The fraction of sp³-hybridized carbons (Fsp3) is 0.389. The SMILES string of the molecule is CC(NC(=O)CSc1nc(Cl)cc(N2CCCC2)n1)c1ccccc1. The first kappa shape index (κ1) is 18.0. The molecule has 2 heterocycles. The fourth-order valence-electron chi connectivity index (χ4n) is 2.80. The van der Waals surface area contributed by atoms with Crippen LogP contribution in [0.2, 0.25) is 5.15 Å². The van der Waals surface area contributed by atoms with Crippen LogP contribution in [0.15, 0.2) is 41.6 Å². The molecule has 1 aromatic heterocycles. The number of nitrogens with zero attached hydrogens (tertiary/aromatic N) is 3. The second-order valence-corrected chi connectivity index (χ2v) is 7.34.